The summed E-state index contributed by atoms with van der Waals surface area (Å²) in [5, 5.41) is 11.5. The Morgan fingerprint density at radius 2 is 1.69 bits per heavy atom. The van der Waals surface area contributed by atoms with Gasteiger partial charge in [0, 0.05) is 15.3 Å². The number of benzene rings is 1. The molecular weight excluding hydrogens is 472 g/mol. The van der Waals surface area contributed by atoms with Gasteiger partial charge in [-0.15, -0.1) is 0 Å². The summed E-state index contributed by atoms with van der Waals surface area (Å²) in [6, 6.07) is 5.77. The highest BCUT2D eigenvalue weighted by Gasteiger charge is 2.52. The Morgan fingerprint density at radius 1 is 1.12 bits per heavy atom. The van der Waals surface area contributed by atoms with Gasteiger partial charge in [-0.1, -0.05) is 37.9 Å². The number of anilines is 1. The minimum Gasteiger partial charge on any atom is -0.478 e. The third-order valence-corrected chi connectivity index (χ3v) is 7.43. The van der Waals surface area contributed by atoms with Crippen molar-refractivity contribution in [3.8, 4) is 0 Å². The Morgan fingerprint density at radius 3 is 2.23 bits per heavy atom. The third-order valence-electron chi connectivity index (χ3n) is 4.70. The van der Waals surface area contributed by atoms with Crippen molar-refractivity contribution in [2.75, 3.05) is 11.9 Å². The summed E-state index contributed by atoms with van der Waals surface area (Å²) in [7, 11) is 0. The molecule has 1 aromatic carbocycles. The summed E-state index contributed by atoms with van der Waals surface area (Å²) in [6.07, 6.45) is 1.09. The van der Waals surface area contributed by atoms with E-state index in [0.29, 0.717) is 18.5 Å². The monoisotopic (exact) mass is 486 g/mol. The average Bonchev–Trinajstić information content (AvgIpc) is 2.80. The lowest BCUT2D eigenvalue weighted by atomic mass is 9.81. The van der Waals surface area contributed by atoms with Crippen LogP contribution in [0.15, 0.2) is 24.3 Å². The Labute approximate surface area is 166 Å². The van der Waals surface area contributed by atoms with Gasteiger partial charge in [0.2, 0.25) is 17.7 Å². The number of carboxylic acid groups (broad SMARTS) is 1. The average molecular weight is 488 g/mol. The zero-order valence-corrected chi connectivity index (χ0v) is 16.7. The van der Waals surface area contributed by atoms with Gasteiger partial charge in [0.1, 0.15) is 6.54 Å². The van der Waals surface area contributed by atoms with Crippen molar-refractivity contribution in [1.29, 1.82) is 0 Å². The summed E-state index contributed by atoms with van der Waals surface area (Å²) in [4.78, 5) is 49.5. The van der Waals surface area contributed by atoms with Gasteiger partial charge in [0.25, 0.3) is 0 Å². The molecule has 1 aromatic rings. The quantitative estimate of drug-likeness (QED) is 0.500. The minimum absolute atomic E-state index is 0.0360. The van der Waals surface area contributed by atoms with E-state index in [-0.39, 0.29) is 33.6 Å². The van der Waals surface area contributed by atoms with Gasteiger partial charge >= 0.3 is 5.97 Å². The molecule has 1 aliphatic heterocycles. The fourth-order valence-electron chi connectivity index (χ4n) is 3.39. The van der Waals surface area contributed by atoms with Crippen LogP contribution in [0, 0.1) is 11.8 Å². The number of carbonyl (C=O) groups is 4. The first kappa shape index (κ1) is 19.0. The smallest absolute Gasteiger partial charge is 0.335 e. The zero-order chi connectivity index (χ0) is 19.0. The Balaban J connectivity index is 1.68. The standard InChI is InChI=1S/C17H16Br2N2O5/c18-12-5-10-11(6-13(12)19)16(24)21(15(10)23)7-14(22)20-9-3-1-2-8(4-9)17(25)26/h1-4,10-13H,5-7H2,(H,20,22)(H,25,26)/t10-,11+,12-,13-/m0/s1. The number of hydrogen-bond acceptors (Lipinski definition) is 4. The number of likely N-dealkylation sites (tertiary alicyclic amines) is 1. The molecule has 2 N–H and O–H groups in total. The summed E-state index contributed by atoms with van der Waals surface area (Å²) >= 11 is 7.03. The van der Waals surface area contributed by atoms with Crippen LogP contribution < -0.4 is 5.32 Å². The maximum Gasteiger partial charge on any atom is 0.335 e. The molecule has 3 amide bonds. The predicted octanol–water partition coefficient (Wildman–Crippen LogP) is 2.25. The first-order valence-corrected chi connectivity index (χ1v) is 9.87. The molecule has 0 unspecified atom stereocenters. The summed E-state index contributed by atoms with van der Waals surface area (Å²) < 4.78 is 0. The van der Waals surface area contributed by atoms with Gasteiger partial charge < -0.3 is 10.4 Å². The number of carboxylic acids is 1. The van der Waals surface area contributed by atoms with Crippen LogP contribution in [0.1, 0.15) is 23.2 Å². The summed E-state index contributed by atoms with van der Waals surface area (Å²) in [5.41, 5.74) is 0.335. The fraction of sp³-hybridized carbons (Fsp3) is 0.412. The van der Waals surface area contributed by atoms with Crippen LogP contribution in [0.5, 0.6) is 0 Å². The number of fused-ring (bicyclic) bond motifs is 1. The number of nitrogens with zero attached hydrogens (tertiary/aromatic N) is 1. The molecule has 1 heterocycles. The van der Waals surface area contributed by atoms with Crippen molar-refractivity contribution < 1.29 is 24.3 Å². The highest BCUT2D eigenvalue weighted by Crippen LogP contribution is 2.43. The van der Waals surface area contributed by atoms with Gasteiger partial charge in [0.05, 0.1) is 17.4 Å². The number of imide groups is 1. The lowest BCUT2D eigenvalue weighted by Gasteiger charge is -2.29. The van der Waals surface area contributed by atoms with E-state index in [1.165, 1.54) is 18.2 Å². The number of alkyl halides is 2. The van der Waals surface area contributed by atoms with Crippen LogP contribution in [-0.4, -0.2) is 49.9 Å². The largest absolute Gasteiger partial charge is 0.478 e. The summed E-state index contributed by atoms with van der Waals surface area (Å²) in [6.45, 7) is -0.373. The van der Waals surface area contributed by atoms with Crippen molar-refractivity contribution in [2.45, 2.75) is 22.5 Å². The molecule has 0 aromatic heterocycles. The zero-order valence-electron chi connectivity index (χ0n) is 13.5. The topological polar surface area (TPSA) is 104 Å². The number of aromatic carboxylic acids is 1. The second-order valence-electron chi connectivity index (χ2n) is 6.41. The van der Waals surface area contributed by atoms with Gasteiger partial charge in [-0.05, 0) is 31.0 Å². The van der Waals surface area contributed by atoms with Gasteiger partial charge in [0.15, 0.2) is 0 Å². The molecule has 9 heteroatoms. The van der Waals surface area contributed by atoms with E-state index in [2.05, 4.69) is 37.2 Å². The highest BCUT2D eigenvalue weighted by molar-refractivity contribution is 9.12. The van der Waals surface area contributed by atoms with Crippen LogP contribution in [0.3, 0.4) is 0 Å². The number of amides is 3. The Kier molecular flexibility index (Phi) is 5.47. The molecule has 1 aliphatic carbocycles. The molecule has 138 valence electrons. The summed E-state index contributed by atoms with van der Waals surface area (Å²) in [5.74, 6) is -3.09. The second kappa shape index (κ2) is 7.48. The lowest BCUT2D eigenvalue weighted by molar-refractivity contribution is -0.142. The molecule has 4 atom stereocenters. The number of hydrogen-bond donors (Lipinski definition) is 2. The normalized spacial score (nSPS) is 28.0. The SMILES string of the molecule is O=C(CN1C(=O)[C@H]2C[C@H](Br)[C@@H](Br)C[C@H]2C1=O)Nc1cccc(C(=O)O)c1. The molecule has 1 saturated carbocycles. The van der Waals surface area contributed by atoms with E-state index >= 15 is 0 Å². The number of carbonyl (C=O) groups excluding carboxylic acids is 3. The van der Waals surface area contributed by atoms with Crippen molar-refractivity contribution in [1.82, 2.24) is 4.90 Å². The number of nitrogens with one attached hydrogen (secondary N) is 1. The van der Waals surface area contributed by atoms with Crippen molar-refractivity contribution in [3.63, 3.8) is 0 Å². The van der Waals surface area contributed by atoms with E-state index in [1.807, 2.05) is 0 Å². The molecule has 26 heavy (non-hydrogen) atoms. The van der Waals surface area contributed by atoms with Crippen molar-refractivity contribution in [3.05, 3.63) is 29.8 Å². The maximum absolute atomic E-state index is 12.5. The predicted molar refractivity (Wildman–Crippen MR) is 100 cm³/mol. The third kappa shape index (κ3) is 3.68. The van der Waals surface area contributed by atoms with E-state index in [4.69, 9.17) is 5.11 Å². The van der Waals surface area contributed by atoms with Crippen LogP contribution >= 0.6 is 31.9 Å². The van der Waals surface area contributed by atoms with Gasteiger partial charge in [-0.3, -0.25) is 19.3 Å². The number of halogens is 2. The maximum atomic E-state index is 12.5. The first-order valence-electron chi connectivity index (χ1n) is 8.04. The lowest BCUT2D eigenvalue weighted by Crippen LogP contribution is -2.38. The van der Waals surface area contributed by atoms with E-state index in [0.717, 1.165) is 4.90 Å². The molecule has 1 saturated heterocycles. The van der Waals surface area contributed by atoms with E-state index in [9.17, 15) is 19.2 Å². The van der Waals surface area contributed by atoms with Crippen molar-refractivity contribution >= 4 is 61.2 Å². The van der Waals surface area contributed by atoms with Crippen LogP contribution in [0.4, 0.5) is 5.69 Å². The molecule has 2 aliphatic rings. The second-order valence-corrected chi connectivity index (χ2v) is 8.77. The highest BCUT2D eigenvalue weighted by atomic mass is 79.9. The molecule has 2 fully saturated rings. The Bertz CT molecular complexity index is 756. The van der Waals surface area contributed by atoms with Crippen molar-refractivity contribution in [2.24, 2.45) is 11.8 Å². The van der Waals surface area contributed by atoms with Crippen LogP contribution in [-0.2, 0) is 14.4 Å². The van der Waals surface area contributed by atoms with Gasteiger partial charge in [-0.2, -0.15) is 0 Å². The van der Waals surface area contributed by atoms with E-state index < -0.39 is 23.7 Å². The minimum atomic E-state index is -1.11. The van der Waals surface area contributed by atoms with E-state index in [1.54, 1.807) is 6.07 Å². The molecule has 0 radical (unpaired) electrons. The van der Waals surface area contributed by atoms with Crippen LogP contribution in [0.2, 0.25) is 0 Å². The molecule has 0 bridgehead atoms. The Hall–Kier alpha value is -1.74. The first-order chi connectivity index (χ1) is 12.3. The number of rotatable bonds is 4. The fourth-order valence-corrected chi connectivity index (χ4v) is 4.63. The molecular formula is C17H16Br2N2O5. The molecule has 3 rings (SSSR count). The molecule has 0 spiro atoms. The van der Waals surface area contributed by atoms with Gasteiger partial charge in [-0.25, -0.2) is 4.79 Å². The molecule has 7 nitrogen and oxygen atoms in total. The van der Waals surface area contributed by atoms with Crippen LogP contribution in [0.25, 0.3) is 0 Å².